The molecule has 0 spiro atoms. The van der Waals surface area contributed by atoms with Crippen molar-refractivity contribution in [3.8, 4) is 0 Å². The lowest BCUT2D eigenvalue weighted by atomic mass is 9.96. The molecule has 120 valence electrons. The van der Waals surface area contributed by atoms with Crippen LogP contribution in [-0.4, -0.2) is 57.0 Å². The molecule has 1 N–H and O–H groups in total. The van der Waals surface area contributed by atoms with Crippen LogP contribution in [0.5, 0.6) is 0 Å². The van der Waals surface area contributed by atoms with Gasteiger partial charge in [0.15, 0.2) is 9.84 Å². The van der Waals surface area contributed by atoms with Gasteiger partial charge < -0.3 is 10.2 Å². The minimum atomic E-state index is -2.89. The zero-order valence-corrected chi connectivity index (χ0v) is 14.4. The molecule has 1 fully saturated rings. The predicted octanol–water partition coefficient (Wildman–Crippen LogP) is 1.77. The van der Waals surface area contributed by atoms with E-state index in [0.29, 0.717) is 18.2 Å². The van der Waals surface area contributed by atoms with Crippen molar-refractivity contribution in [1.29, 1.82) is 0 Å². The van der Waals surface area contributed by atoms with Gasteiger partial charge in [0, 0.05) is 6.54 Å². The number of nitrogens with zero attached hydrogens (tertiary/aromatic N) is 1. The molecule has 0 aromatic carbocycles. The quantitative estimate of drug-likeness (QED) is 0.742. The third-order valence-electron chi connectivity index (χ3n) is 4.10. The van der Waals surface area contributed by atoms with E-state index in [9.17, 15) is 8.42 Å². The van der Waals surface area contributed by atoms with Crippen LogP contribution in [0.25, 0.3) is 0 Å². The SMILES string of the molecule is CC(C)CNCC1CCN(CCS(=O)(=O)C(C)C)CC1. The summed E-state index contributed by atoms with van der Waals surface area (Å²) in [6.45, 7) is 13.0. The Labute approximate surface area is 125 Å². The number of hydrogen-bond acceptors (Lipinski definition) is 4. The predicted molar refractivity (Wildman–Crippen MR) is 85.8 cm³/mol. The van der Waals surface area contributed by atoms with Gasteiger partial charge >= 0.3 is 0 Å². The highest BCUT2D eigenvalue weighted by Crippen LogP contribution is 2.16. The molecule has 20 heavy (non-hydrogen) atoms. The molecular weight excluding hydrogens is 272 g/mol. The third kappa shape index (κ3) is 6.55. The lowest BCUT2D eigenvalue weighted by Crippen LogP contribution is -2.40. The average molecular weight is 305 g/mol. The summed E-state index contributed by atoms with van der Waals surface area (Å²) in [7, 11) is -2.89. The standard InChI is InChI=1S/C15H32N2O2S/c1-13(2)11-16-12-15-5-7-17(8-6-15)9-10-20(18,19)14(3)4/h13-16H,5-12H2,1-4H3. The van der Waals surface area contributed by atoms with Gasteiger partial charge in [-0.1, -0.05) is 13.8 Å². The molecule has 1 aliphatic rings. The summed E-state index contributed by atoms with van der Waals surface area (Å²) in [6, 6.07) is 0. The van der Waals surface area contributed by atoms with Gasteiger partial charge in [0.1, 0.15) is 0 Å². The smallest absolute Gasteiger partial charge is 0.153 e. The number of sulfone groups is 1. The minimum Gasteiger partial charge on any atom is -0.316 e. The van der Waals surface area contributed by atoms with E-state index in [-0.39, 0.29) is 5.25 Å². The molecule has 4 nitrogen and oxygen atoms in total. The first-order chi connectivity index (χ1) is 9.31. The summed E-state index contributed by atoms with van der Waals surface area (Å²) in [5.41, 5.74) is 0. The molecule has 0 radical (unpaired) electrons. The Hall–Kier alpha value is -0.130. The van der Waals surface area contributed by atoms with Gasteiger partial charge in [-0.05, 0) is 64.7 Å². The van der Waals surface area contributed by atoms with Gasteiger partial charge in [-0.2, -0.15) is 0 Å². The van der Waals surface area contributed by atoms with E-state index >= 15 is 0 Å². The zero-order chi connectivity index (χ0) is 15.2. The highest BCUT2D eigenvalue weighted by atomic mass is 32.2. The molecule has 1 heterocycles. The van der Waals surface area contributed by atoms with Crippen molar-refractivity contribution >= 4 is 9.84 Å². The highest BCUT2D eigenvalue weighted by molar-refractivity contribution is 7.92. The van der Waals surface area contributed by atoms with Gasteiger partial charge in [-0.25, -0.2) is 8.42 Å². The average Bonchev–Trinajstić information content (AvgIpc) is 2.37. The Balaban J connectivity index is 2.19. The Kier molecular flexibility index (Phi) is 7.48. The van der Waals surface area contributed by atoms with Crippen LogP contribution in [-0.2, 0) is 9.84 Å². The maximum absolute atomic E-state index is 11.8. The van der Waals surface area contributed by atoms with E-state index in [1.807, 2.05) is 0 Å². The van der Waals surface area contributed by atoms with Crippen molar-refractivity contribution in [2.75, 3.05) is 38.5 Å². The van der Waals surface area contributed by atoms with Crippen LogP contribution >= 0.6 is 0 Å². The van der Waals surface area contributed by atoms with Crippen molar-refractivity contribution in [3.63, 3.8) is 0 Å². The first kappa shape index (κ1) is 17.9. The fourth-order valence-corrected chi connectivity index (χ4v) is 3.47. The summed E-state index contributed by atoms with van der Waals surface area (Å²) in [6.07, 6.45) is 2.37. The normalized spacial score (nSPS) is 19.1. The third-order valence-corrected chi connectivity index (χ3v) is 6.29. The Morgan fingerprint density at radius 3 is 2.25 bits per heavy atom. The first-order valence-corrected chi connectivity index (χ1v) is 9.67. The topological polar surface area (TPSA) is 49.4 Å². The summed E-state index contributed by atoms with van der Waals surface area (Å²) in [5, 5.41) is 3.28. The lowest BCUT2D eigenvalue weighted by molar-refractivity contribution is 0.190. The van der Waals surface area contributed by atoms with E-state index in [0.717, 1.165) is 32.1 Å². The molecule has 0 atom stereocenters. The van der Waals surface area contributed by atoms with Crippen LogP contribution in [0.4, 0.5) is 0 Å². The second-order valence-electron chi connectivity index (χ2n) is 6.75. The Morgan fingerprint density at radius 2 is 1.75 bits per heavy atom. The fraction of sp³-hybridized carbons (Fsp3) is 1.00. The van der Waals surface area contributed by atoms with Crippen LogP contribution < -0.4 is 5.32 Å². The van der Waals surface area contributed by atoms with Crippen LogP contribution in [0, 0.1) is 11.8 Å². The fourth-order valence-electron chi connectivity index (χ4n) is 2.48. The van der Waals surface area contributed by atoms with Crippen molar-refractivity contribution in [2.45, 2.75) is 45.8 Å². The van der Waals surface area contributed by atoms with Crippen LogP contribution in [0.15, 0.2) is 0 Å². The molecule has 1 aliphatic heterocycles. The molecule has 1 rings (SSSR count). The van der Waals surface area contributed by atoms with Gasteiger partial charge in [-0.3, -0.25) is 0 Å². The number of piperidine rings is 1. The molecule has 1 saturated heterocycles. The van der Waals surface area contributed by atoms with E-state index in [2.05, 4.69) is 24.1 Å². The summed E-state index contributed by atoms with van der Waals surface area (Å²) >= 11 is 0. The maximum Gasteiger partial charge on any atom is 0.153 e. The van der Waals surface area contributed by atoms with Gasteiger partial charge in [0.05, 0.1) is 11.0 Å². The number of likely N-dealkylation sites (tertiary alicyclic amines) is 1. The molecule has 0 bridgehead atoms. The van der Waals surface area contributed by atoms with Crippen LogP contribution in [0.2, 0.25) is 0 Å². The molecule has 0 aliphatic carbocycles. The summed E-state index contributed by atoms with van der Waals surface area (Å²) in [4.78, 5) is 2.30. The molecule has 0 amide bonds. The molecule has 0 aromatic heterocycles. The second-order valence-corrected chi connectivity index (χ2v) is 9.43. The monoisotopic (exact) mass is 304 g/mol. The van der Waals surface area contributed by atoms with Crippen molar-refractivity contribution in [2.24, 2.45) is 11.8 Å². The molecule has 0 aromatic rings. The summed E-state index contributed by atoms with van der Waals surface area (Å²) in [5.74, 6) is 1.77. The van der Waals surface area contributed by atoms with Crippen molar-refractivity contribution in [1.82, 2.24) is 10.2 Å². The minimum absolute atomic E-state index is 0.250. The molecule has 0 saturated carbocycles. The van der Waals surface area contributed by atoms with E-state index in [1.165, 1.54) is 12.8 Å². The van der Waals surface area contributed by atoms with E-state index in [1.54, 1.807) is 13.8 Å². The molecule has 0 unspecified atom stereocenters. The highest BCUT2D eigenvalue weighted by Gasteiger charge is 2.22. The van der Waals surface area contributed by atoms with E-state index in [4.69, 9.17) is 0 Å². The lowest BCUT2D eigenvalue weighted by Gasteiger charge is -2.32. The van der Waals surface area contributed by atoms with Crippen LogP contribution in [0.3, 0.4) is 0 Å². The number of hydrogen-bond donors (Lipinski definition) is 1. The van der Waals surface area contributed by atoms with Gasteiger partial charge in [0.25, 0.3) is 0 Å². The van der Waals surface area contributed by atoms with Crippen molar-refractivity contribution in [3.05, 3.63) is 0 Å². The van der Waals surface area contributed by atoms with Gasteiger partial charge in [0.2, 0.25) is 0 Å². The van der Waals surface area contributed by atoms with Crippen molar-refractivity contribution < 1.29 is 8.42 Å². The number of rotatable bonds is 8. The zero-order valence-electron chi connectivity index (χ0n) is 13.6. The second kappa shape index (κ2) is 8.35. The van der Waals surface area contributed by atoms with Gasteiger partial charge in [-0.15, -0.1) is 0 Å². The Morgan fingerprint density at radius 1 is 1.15 bits per heavy atom. The number of nitrogens with one attached hydrogen (secondary N) is 1. The first-order valence-electron chi connectivity index (χ1n) is 7.96. The molecule has 5 heteroatoms. The van der Waals surface area contributed by atoms with E-state index < -0.39 is 9.84 Å². The largest absolute Gasteiger partial charge is 0.316 e. The Bertz CT molecular complexity index is 358. The molecular formula is C15H32N2O2S. The maximum atomic E-state index is 11.8. The van der Waals surface area contributed by atoms with Crippen LogP contribution in [0.1, 0.15) is 40.5 Å². The summed E-state index contributed by atoms with van der Waals surface area (Å²) < 4.78 is 23.6.